The number of ether oxygens (including phenoxy) is 1. The average molecular weight is 241 g/mol. The Balaban J connectivity index is 0.000000771. The Morgan fingerprint density at radius 1 is 0.944 bits per heavy atom. The van der Waals surface area contributed by atoms with Crippen molar-refractivity contribution in [3.63, 3.8) is 0 Å². The SMILES string of the molecule is CC.N=Cc1ccccc1OCc1ccccc1. The standard InChI is InChI=1S/C14H13NO.C2H6/c15-10-13-8-4-5-9-14(13)16-11-12-6-2-1-3-7-12;1-2/h1-10,15H,11H2;1-2H3. The van der Waals surface area contributed by atoms with E-state index in [9.17, 15) is 0 Å². The first-order chi connectivity index (χ1) is 8.90. The first-order valence-corrected chi connectivity index (χ1v) is 6.16. The van der Waals surface area contributed by atoms with Crippen LogP contribution in [0.15, 0.2) is 54.6 Å². The highest BCUT2D eigenvalue weighted by molar-refractivity contribution is 5.80. The minimum Gasteiger partial charge on any atom is -0.488 e. The zero-order chi connectivity index (χ0) is 13.2. The number of benzene rings is 2. The smallest absolute Gasteiger partial charge is 0.128 e. The van der Waals surface area contributed by atoms with Crippen LogP contribution >= 0.6 is 0 Å². The molecule has 0 fully saturated rings. The molecule has 0 aliphatic carbocycles. The highest BCUT2D eigenvalue weighted by Gasteiger charge is 1.99. The van der Waals surface area contributed by atoms with Crippen molar-refractivity contribution >= 4 is 6.21 Å². The topological polar surface area (TPSA) is 33.1 Å². The van der Waals surface area contributed by atoms with Crippen LogP contribution in [0.5, 0.6) is 5.75 Å². The Hall–Kier alpha value is -2.09. The summed E-state index contributed by atoms with van der Waals surface area (Å²) in [5, 5.41) is 7.26. The van der Waals surface area contributed by atoms with Gasteiger partial charge in [0.1, 0.15) is 12.4 Å². The van der Waals surface area contributed by atoms with Crippen molar-refractivity contribution in [1.82, 2.24) is 0 Å². The van der Waals surface area contributed by atoms with Gasteiger partial charge in [-0.15, -0.1) is 0 Å². The maximum absolute atomic E-state index is 7.26. The van der Waals surface area contributed by atoms with Gasteiger partial charge in [-0.25, -0.2) is 0 Å². The van der Waals surface area contributed by atoms with Gasteiger partial charge in [0.15, 0.2) is 0 Å². The molecule has 0 unspecified atom stereocenters. The zero-order valence-electron chi connectivity index (χ0n) is 10.9. The lowest BCUT2D eigenvalue weighted by atomic mass is 10.2. The number of rotatable bonds is 4. The molecular formula is C16H19NO. The Labute approximate surface area is 109 Å². The Bertz CT molecular complexity index is 466. The van der Waals surface area contributed by atoms with Crippen molar-refractivity contribution in [1.29, 1.82) is 5.41 Å². The van der Waals surface area contributed by atoms with Gasteiger partial charge in [-0.1, -0.05) is 56.3 Å². The van der Waals surface area contributed by atoms with Gasteiger partial charge in [0.25, 0.3) is 0 Å². The van der Waals surface area contributed by atoms with E-state index in [-0.39, 0.29) is 0 Å². The van der Waals surface area contributed by atoms with E-state index in [1.165, 1.54) is 6.21 Å². The van der Waals surface area contributed by atoms with Gasteiger partial charge in [-0.05, 0) is 17.7 Å². The number of nitrogens with one attached hydrogen (secondary N) is 1. The zero-order valence-corrected chi connectivity index (χ0v) is 10.9. The van der Waals surface area contributed by atoms with Gasteiger partial charge in [-0.3, -0.25) is 0 Å². The summed E-state index contributed by atoms with van der Waals surface area (Å²) in [6.45, 7) is 4.53. The second-order valence-corrected chi connectivity index (χ2v) is 3.46. The first-order valence-electron chi connectivity index (χ1n) is 6.16. The number of hydrogen-bond donors (Lipinski definition) is 1. The van der Waals surface area contributed by atoms with Crippen LogP contribution in [0.4, 0.5) is 0 Å². The summed E-state index contributed by atoms with van der Waals surface area (Å²) >= 11 is 0. The molecule has 2 heteroatoms. The molecule has 2 aromatic carbocycles. The lowest BCUT2D eigenvalue weighted by Crippen LogP contribution is -1.97. The van der Waals surface area contributed by atoms with Crippen LogP contribution in [0.25, 0.3) is 0 Å². The lowest BCUT2D eigenvalue weighted by Gasteiger charge is -2.08. The highest BCUT2D eigenvalue weighted by Crippen LogP contribution is 2.17. The Kier molecular flexibility index (Phi) is 6.26. The molecule has 2 aromatic rings. The van der Waals surface area contributed by atoms with Crippen LogP contribution in [-0.2, 0) is 6.61 Å². The van der Waals surface area contributed by atoms with Crippen molar-refractivity contribution in [2.75, 3.05) is 0 Å². The van der Waals surface area contributed by atoms with Crippen LogP contribution in [-0.4, -0.2) is 6.21 Å². The summed E-state index contributed by atoms with van der Waals surface area (Å²) in [6.07, 6.45) is 1.31. The minimum absolute atomic E-state index is 0.533. The van der Waals surface area contributed by atoms with Crippen molar-refractivity contribution in [3.05, 3.63) is 65.7 Å². The van der Waals surface area contributed by atoms with Crippen LogP contribution in [0.3, 0.4) is 0 Å². The molecule has 0 aliphatic rings. The third-order valence-electron chi connectivity index (χ3n) is 2.31. The van der Waals surface area contributed by atoms with Crippen molar-refractivity contribution in [3.8, 4) is 5.75 Å². The second kappa shape index (κ2) is 8.07. The first kappa shape index (κ1) is 14.0. The quantitative estimate of drug-likeness (QED) is 0.796. The van der Waals surface area contributed by atoms with E-state index in [0.29, 0.717) is 6.61 Å². The van der Waals surface area contributed by atoms with Crippen molar-refractivity contribution in [2.45, 2.75) is 20.5 Å². The van der Waals surface area contributed by atoms with Crippen LogP contribution in [0, 0.1) is 5.41 Å². The third kappa shape index (κ3) is 4.06. The molecule has 94 valence electrons. The molecule has 0 bridgehead atoms. The molecule has 0 aromatic heterocycles. The molecule has 0 amide bonds. The van der Waals surface area contributed by atoms with E-state index >= 15 is 0 Å². The largest absolute Gasteiger partial charge is 0.488 e. The van der Waals surface area contributed by atoms with Gasteiger partial charge >= 0.3 is 0 Å². The van der Waals surface area contributed by atoms with E-state index in [4.69, 9.17) is 10.1 Å². The average Bonchev–Trinajstić information content (AvgIpc) is 2.48. The maximum atomic E-state index is 7.26. The fourth-order valence-electron chi connectivity index (χ4n) is 1.47. The van der Waals surface area contributed by atoms with Crippen molar-refractivity contribution < 1.29 is 4.74 Å². The molecule has 2 nitrogen and oxygen atoms in total. The van der Waals surface area contributed by atoms with E-state index in [2.05, 4.69) is 0 Å². The van der Waals surface area contributed by atoms with Gasteiger partial charge < -0.3 is 10.1 Å². The van der Waals surface area contributed by atoms with E-state index < -0.39 is 0 Å². The molecule has 1 N–H and O–H groups in total. The molecule has 2 rings (SSSR count). The molecule has 0 radical (unpaired) electrons. The maximum Gasteiger partial charge on any atom is 0.128 e. The summed E-state index contributed by atoms with van der Waals surface area (Å²) in [4.78, 5) is 0. The molecule has 0 atom stereocenters. The molecule has 0 aliphatic heterocycles. The second-order valence-electron chi connectivity index (χ2n) is 3.46. The number of para-hydroxylation sites is 1. The van der Waals surface area contributed by atoms with Gasteiger partial charge in [-0.2, -0.15) is 0 Å². The highest BCUT2D eigenvalue weighted by atomic mass is 16.5. The molecule has 0 saturated heterocycles. The molecule has 0 saturated carbocycles. The van der Waals surface area contributed by atoms with Crippen molar-refractivity contribution in [2.24, 2.45) is 0 Å². The molecule has 0 heterocycles. The molecule has 0 spiro atoms. The monoisotopic (exact) mass is 241 g/mol. The Morgan fingerprint density at radius 2 is 1.56 bits per heavy atom. The third-order valence-corrected chi connectivity index (χ3v) is 2.31. The van der Waals surface area contributed by atoms with Gasteiger partial charge in [0.2, 0.25) is 0 Å². The summed E-state index contributed by atoms with van der Waals surface area (Å²) < 4.78 is 5.66. The van der Waals surface area contributed by atoms with E-state index in [1.807, 2.05) is 68.4 Å². The van der Waals surface area contributed by atoms with E-state index in [0.717, 1.165) is 16.9 Å². The van der Waals surface area contributed by atoms with Gasteiger partial charge in [0, 0.05) is 11.8 Å². The minimum atomic E-state index is 0.533. The van der Waals surface area contributed by atoms with Crippen LogP contribution in [0.1, 0.15) is 25.0 Å². The molecular weight excluding hydrogens is 222 g/mol. The fraction of sp³-hybridized carbons (Fsp3) is 0.188. The lowest BCUT2D eigenvalue weighted by molar-refractivity contribution is 0.306. The number of hydrogen-bond acceptors (Lipinski definition) is 2. The summed E-state index contributed by atoms with van der Waals surface area (Å²) in [5.74, 6) is 0.751. The molecule has 18 heavy (non-hydrogen) atoms. The predicted molar refractivity (Wildman–Crippen MR) is 76.4 cm³/mol. The van der Waals surface area contributed by atoms with Crippen LogP contribution in [0.2, 0.25) is 0 Å². The van der Waals surface area contributed by atoms with E-state index in [1.54, 1.807) is 0 Å². The summed E-state index contributed by atoms with van der Waals surface area (Å²) in [6, 6.07) is 17.6. The Morgan fingerprint density at radius 3 is 2.22 bits per heavy atom. The predicted octanol–water partition coefficient (Wildman–Crippen LogP) is 4.29. The normalized spacial score (nSPS) is 9.00. The van der Waals surface area contributed by atoms with Gasteiger partial charge in [0.05, 0.1) is 0 Å². The fourth-order valence-corrected chi connectivity index (χ4v) is 1.47. The summed E-state index contributed by atoms with van der Waals surface area (Å²) in [7, 11) is 0. The summed E-state index contributed by atoms with van der Waals surface area (Å²) in [5.41, 5.74) is 1.93. The van der Waals surface area contributed by atoms with Crippen LogP contribution < -0.4 is 4.74 Å².